The molecule has 0 aromatic heterocycles. The highest BCUT2D eigenvalue weighted by molar-refractivity contribution is 5.69. The number of likely N-dealkylation sites (tertiary alicyclic amines) is 1. The summed E-state index contributed by atoms with van der Waals surface area (Å²) in [5.74, 6) is 1.06. The summed E-state index contributed by atoms with van der Waals surface area (Å²) < 4.78 is 5.33. The number of aliphatic hydroxyl groups is 1. The Morgan fingerprint density at radius 3 is 2.55 bits per heavy atom. The minimum absolute atomic E-state index is 0.218. The first-order valence-electron chi connectivity index (χ1n) is 7.71. The highest BCUT2D eigenvalue weighted by Crippen LogP contribution is 2.30. The summed E-state index contributed by atoms with van der Waals surface area (Å²) in [6.45, 7) is 8.37. The quantitative estimate of drug-likeness (QED) is 0.823. The lowest BCUT2D eigenvalue weighted by Crippen LogP contribution is -2.61. The Morgan fingerprint density at radius 1 is 1.30 bits per heavy atom. The fourth-order valence-electron chi connectivity index (χ4n) is 3.02. The molecule has 2 N–H and O–H groups in total. The lowest BCUT2D eigenvalue weighted by atomic mass is 9.96. The molecule has 116 valence electrons. The Kier molecular flexibility index (Phi) is 4.91. The Balaban J connectivity index is 1.63. The van der Waals surface area contributed by atoms with Crippen LogP contribution < -0.4 is 5.32 Å². The average molecular weight is 284 g/mol. The van der Waals surface area contributed by atoms with Gasteiger partial charge in [0.2, 0.25) is 0 Å². The SMILES string of the molecule is CC(C)(C)OC(=O)N1CC(NCC2CCCC2CO)C1. The van der Waals surface area contributed by atoms with Crippen molar-refractivity contribution in [1.29, 1.82) is 0 Å². The molecule has 5 heteroatoms. The molecule has 0 aromatic carbocycles. The van der Waals surface area contributed by atoms with Gasteiger partial charge in [-0.05, 0) is 52.0 Å². The van der Waals surface area contributed by atoms with Crippen LogP contribution in [0.1, 0.15) is 40.0 Å². The molecule has 2 fully saturated rings. The molecular formula is C15H28N2O3. The molecule has 1 amide bonds. The van der Waals surface area contributed by atoms with Gasteiger partial charge in [0.25, 0.3) is 0 Å². The van der Waals surface area contributed by atoms with Crippen LogP contribution in [-0.2, 0) is 4.74 Å². The maximum atomic E-state index is 11.8. The zero-order valence-electron chi connectivity index (χ0n) is 12.9. The third-order valence-corrected chi connectivity index (χ3v) is 4.25. The number of ether oxygens (including phenoxy) is 1. The van der Waals surface area contributed by atoms with Crippen molar-refractivity contribution in [2.75, 3.05) is 26.2 Å². The number of rotatable bonds is 4. The Labute approximate surface area is 121 Å². The summed E-state index contributed by atoms with van der Waals surface area (Å²) in [4.78, 5) is 13.5. The Hall–Kier alpha value is -0.810. The molecule has 1 saturated heterocycles. The number of nitrogens with zero attached hydrogens (tertiary/aromatic N) is 1. The summed E-state index contributed by atoms with van der Waals surface area (Å²) in [7, 11) is 0. The van der Waals surface area contributed by atoms with Crippen LogP contribution in [0.5, 0.6) is 0 Å². The summed E-state index contributed by atoms with van der Waals surface area (Å²) in [5.41, 5.74) is -0.423. The van der Waals surface area contributed by atoms with E-state index in [1.165, 1.54) is 12.8 Å². The van der Waals surface area contributed by atoms with Gasteiger partial charge in [0, 0.05) is 25.7 Å². The first kappa shape index (κ1) is 15.6. The third-order valence-electron chi connectivity index (χ3n) is 4.25. The normalized spacial score (nSPS) is 27.5. The van der Waals surface area contributed by atoms with Crippen molar-refractivity contribution in [2.24, 2.45) is 11.8 Å². The first-order valence-corrected chi connectivity index (χ1v) is 7.71. The molecule has 2 aliphatic rings. The van der Waals surface area contributed by atoms with Gasteiger partial charge in [-0.1, -0.05) is 6.42 Å². The van der Waals surface area contributed by atoms with Gasteiger partial charge in [0.1, 0.15) is 5.60 Å². The zero-order chi connectivity index (χ0) is 14.8. The van der Waals surface area contributed by atoms with Crippen LogP contribution in [0.2, 0.25) is 0 Å². The highest BCUT2D eigenvalue weighted by Gasteiger charge is 2.34. The van der Waals surface area contributed by atoms with Gasteiger partial charge in [-0.25, -0.2) is 4.79 Å². The van der Waals surface area contributed by atoms with E-state index in [1.54, 1.807) is 4.90 Å². The van der Waals surface area contributed by atoms with Crippen molar-refractivity contribution < 1.29 is 14.6 Å². The maximum Gasteiger partial charge on any atom is 0.410 e. The fourth-order valence-corrected chi connectivity index (χ4v) is 3.02. The van der Waals surface area contributed by atoms with E-state index in [2.05, 4.69) is 5.32 Å². The van der Waals surface area contributed by atoms with Gasteiger partial charge < -0.3 is 20.1 Å². The summed E-state index contributed by atoms with van der Waals surface area (Å²) in [6.07, 6.45) is 3.37. The van der Waals surface area contributed by atoms with Crippen molar-refractivity contribution in [2.45, 2.75) is 51.7 Å². The van der Waals surface area contributed by atoms with Crippen molar-refractivity contribution in [3.8, 4) is 0 Å². The van der Waals surface area contributed by atoms with Gasteiger partial charge in [0.05, 0.1) is 0 Å². The van der Waals surface area contributed by atoms with Crippen LogP contribution in [0.3, 0.4) is 0 Å². The van der Waals surface area contributed by atoms with Gasteiger partial charge >= 0.3 is 6.09 Å². The number of hydrogen-bond donors (Lipinski definition) is 2. The second kappa shape index (κ2) is 6.31. The van der Waals surface area contributed by atoms with Gasteiger partial charge in [-0.15, -0.1) is 0 Å². The molecule has 2 unspecified atom stereocenters. The third kappa shape index (κ3) is 4.09. The lowest BCUT2D eigenvalue weighted by molar-refractivity contribution is 0.00476. The molecule has 1 aliphatic heterocycles. The van der Waals surface area contributed by atoms with E-state index in [0.717, 1.165) is 26.1 Å². The van der Waals surface area contributed by atoms with Crippen molar-refractivity contribution in [3.63, 3.8) is 0 Å². The molecule has 0 aromatic rings. The predicted octanol–water partition coefficient (Wildman–Crippen LogP) is 1.60. The second-order valence-corrected chi connectivity index (χ2v) is 7.12. The minimum Gasteiger partial charge on any atom is -0.444 e. The van der Waals surface area contributed by atoms with Gasteiger partial charge in [0.15, 0.2) is 0 Å². The smallest absolute Gasteiger partial charge is 0.410 e. The van der Waals surface area contributed by atoms with Crippen LogP contribution in [0, 0.1) is 11.8 Å². The molecular weight excluding hydrogens is 256 g/mol. The predicted molar refractivity (Wildman–Crippen MR) is 77.5 cm³/mol. The van der Waals surface area contributed by atoms with E-state index in [4.69, 9.17) is 4.74 Å². The topological polar surface area (TPSA) is 61.8 Å². The lowest BCUT2D eigenvalue weighted by Gasteiger charge is -2.40. The van der Waals surface area contributed by atoms with Crippen LogP contribution in [-0.4, -0.2) is 54.0 Å². The Morgan fingerprint density at radius 2 is 1.95 bits per heavy atom. The molecule has 5 nitrogen and oxygen atoms in total. The molecule has 2 atom stereocenters. The van der Waals surface area contributed by atoms with Gasteiger partial charge in [-0.3, -0.25) is 0 Å². The van der Waals surface area contributed by atoms with E-state index in [9.17, 15) is 9.90 Å². The summed E-state index contributed by atoms with van der Waals surface area (Å²) in [5, 5.41) is 12.8. The molecule has 2 rings (SSSR count). The standard InChI is InChI=1S/C15H28N2O3/c1-15(2,3)20-14(19)17-8-13(9-17)16-7-11-5-4-6-12(11)10-18/h11-13,16,18H,4-10H2,1-3H3. The molecule has 0 radical (unpaired) electrons. The molecule has 1 aliphatic carbocycles. The number of aliphatic hydroxyl groups excluding tert-OH is 1. The minimum atomic E-state index is -0.423. The van der Waals surface area contributed by atoms with E-state index >= 15 is 0 Å². The molecule has 0 spiro atoms. The summed E-state index contributed by atoms with van der Waals surface area (Å²) in [6, 6.07) is 0.377. The number of carbonyl (C=O) groups is 1. The van der Waals surface area contributed by atoms with Crippen molar-refractivity contribution in [1.82, 2.24) is 10.2 Å². The molecule has 20 heavy (non-hydrogen) atoms. The second-order valence-electron chi connectivity index (χ2n) is 7.12. The van der Waals surface area contributed by atoms with Crippen molar-refractivity contribution in [3.05, 3.63) is 0 Å². The van der Waals surface area contributed by atoms with Gasteiger partial charge in [-0.2, -0.15) is 0 Å². The highest BCUT2D eigenvalue weighted by atomic mass is 16.6. The first-order chi connectivity index (χ1) is 9.39. The molecule has 1 saturated carbocycles. The van der Waals surface area contributed by atoms with Crippen LogP contribution >= 0.6 is 0 Å². The fraction of sp³-hybridized carbons (Fsp3) is 0.933. The average Bonchev–Trinajstić information content (AvgIpc) is 2.71. The number of nitrogens with one attached hydrogen (secondary N) is 1. The van der Waals surface area contributed by atoms with Crippen LogP contribution in [0.25, 0.3) is 0 Å². The van der Waals surface area contributed by atoms with E-state index < -0.39 is 5.60 Å². The molecule has 0 bridgehead atoms. The zero-order valence-corrected chi connectivity index (χ0v) is 12.9. The molecule has 1 heterocycles. The van der Waals surface area contributed by atoms with E-state index in [1.807, 2.05) is 20.8 Å². The Bertz CT molecular complexity index is 335. The van der Waals surface area contributed by atoms with Crippen molar-refractivity contribution >= 4 is 6.09 Å². The number of hydrogen-bond acceptors (Lipinski definition) is 4. The van der Waals surface area contributed by atoms with E-state index in [-0.39, 0.29) is 6.09 Å². The monoisotopic (exact) mass is 284 g/mol. The maximum absolute atomic E-state index is 11.8. The van der Waals surface area contributed by atoms with E-state index in [0.29, 0.717) is 24.5 Å². The number of carbonyl (C=O) groups excluding carboxylic acids is 1. The number of amides is 1. The van der Waals surface area contributed by atoms with Crippen LogP contribution in [0.4, 0.5) is 4.79 Å². The summed E-state index contributed by atoms with van der Waals surface area (Å²) >= 11 is 0. The largest absolute Gasteiger partial charge is 0.444 e. The van der Waals surface area contributed by atoms with Crippen LogP contribution in [0.15, 0.2) is 0 Å².